The van der Waals surface area contributed by atoms with Crippen LogP contribution in [0.5, 0.6) is 0 Å². The lowest BCUT2D eigenvalue weighted by molar-refractivity contribution is 0.0978. The zero-order chi connectivity index (χ0) is 45.2. The topological polar surface area (TPSA) is 92.3 Å². The van der Waals surface area contributed by atoms with Gasteiger partial charge in [-0.25, -0.2) is 0 Å². The number of benzene rings is 3. The maximum atomic E-state index is 13.5. The Bertz CT molecular complexity index is 1770. The second-order valence-corrected chi connectivity index (χ2v) is 18.7. The summed E-state index contributed by atoms with van der Waals surface area (Å²) < 4.78 is 0. The van der Waals surface area contributed by atoms with Crippen molar-refractivity contribution >= 4 is 46.7 Å². The number of nitrogens with one attached hydrogen (secondary N) is 2. The second kappa shape index (κ2) is 29.1. The highest BCUT2D eigenvalue weighted by atomic mass is 16.2. The van der Waals surface area contributed by atoms with E-state index in [9.17, 15) is 19.2 Å². The molecule has 0 radical (unpaired) electrons. The number of rotatable bonds is 34. The Labute approximate surface area is 386 Å². The van der Waals surface area contributed by atoms with E-state index in [4.69, 9.17) is 0 Å². The van der Waals surface area contributed by atoms with Gasteiger partial charge in [-0.1, -0.05) is 205 Å². The molecule has 0 bridgehead atoms. The number of allylic oxidation sites excluding steroid dienone is 2. The van der Waals surface area contributed by atoms with E-state index < -0.39 is 23.1 Å². The molecule has 2 aliphatic carbocycles. The first-order valence-corrected chi connectivity index (χ1v) is 25.9. The highest BCUT2D eigenvalue weighted by Gasteiger charge is 2.40. The lowest BCUT2D eigenvalue weighted by Crippen LogP contribution is -2.03. The Balaban J connectivity index is 0.986. The molecule has 2 N–H and O–H groups in total. The number of fused-ring (bicyclic) bond motifs is 2. The molecule has 6 nitrogen and oxygen atoms in total. The molecule has 0 fully saturated rings. The third kappa shape index (κ3) is 16.4. The largest absolute Gasteiger partial charge is 0.385 e. The van der Waals surface area contributed by atoms with Crippen LogP contribution in [0.15, 0.2) is 71.8 Å². The van der Waals surface area contributed by atoms with Crippen LogP contribution < -0.4 is 10.6 Å². The zero-order valence-electron chi connectivity index (χ0n) is 39.8. The molecular formula is C58H80N2O4. The van der Waals surface area contributed by atoms with Gasteiger partial charge in [0.2, 0.25) is 0 Å². The monoisotopic (exact) mass is 869 g/mol. The van der Waals surface area contributed by atoms with Gasteiger partial charge in [-0.2, -0.15) is 0 Å². The molecule has 0 aliphatic heterocycles. The van der Waals surface area contributed by atoms with E-state index in [1.807, 2.05) is 48.5 Å². The summed E-state index contributed by atoms with van der Waals surface area (Å²) in [4.78, 5) is 54.2. The predicted molar refractivity (Wildman–Crippen MR) is 270 cm³/mol. The van der Waals surface area contributed by atoms with Gasteiger partial charge in [0.15, 0.2) is 23.1 Å². The van der Waals surface area contributed by atoms with Gasteiger partial charge in [-0.05, 0) is 72.5 Å². The standard InChI is InChI=1S/C58H80N2O4/c1-3-5-7-9-11-13-15-17-19-21-23-25-27-29-39-59-47-35-31-45(32-36-47)41-53-55(61)49-43-51-52(44-50(49)56(53)62)58(64)54(57(51)63)42-46-33-37-48(38-34-46)60-40-30-28-26-24-22-20-18-16-14-12-10-8-6-4-2/h31-38,41-44,59-60H,3-30,39-40H2,1-2H3. The van der Waals surface area contributed by atoms with Gasteiger partial charge in [-0.15, -0.1) is 0 Å². The van der Waals surface area contributed by atoms with E-state index in [2.05, 4.69) is 24.5 Å². The van der Waals surface area contributed by atoms with E-state index in [-0.39, 0.29) is 33.4 Å². The van der Waals surface area contributed by atoms with Crippen LogP contribution in [0.2, 0.25) is 0 Å². The maximum absolute atomic E-state index is 13.5. The van der Waals surface area contributed by atoms with Gasteiger partial charge < -0.3 is 10.6 Å². The van der Waals surface area contributed by atoms with Crippen LogP contribution >= 0.6 is 0 Å². The molecule has 3 aromatic carbocycles. The number of carbonyl (C=O) groups is 4. The highest BCUT2D eigenvalue weighted by Crippen LogP contribution is 2.36. The molecule has 3 aromatic rings. The fourth-order valence-corrected chi connectivity index (χ4v) is 9.23. The van der Waals surface area contributed by atoms with Crippen molar-refractivity contribution < 1.29 is 19.2 Å². The third-order valence-corrected chi connectivity index (χ3v) is 13.3. The highest BCUT2D eigenvalue weighted by molar-refractivity contribution is 6.45. The van der Waals surface area contributed by atoms with Crippen LogP contribution in [-0.4, -0.2) is 36.2 Å². The quantitative estimate of drug-likeness (QED) is 0.0353. The molecule has 0 amide bonds. The lowest BCUT2D eigenvalue weighted by Gasteiger charge is -2.07. The summed E-state index contributed by atoms with van der Waals surface area (Å²) in [6, 6.07) is 18.4. The van der Waals surface area contributed by atoms with Gasteiger partial charge in [0.05, 0.1) is 11.1 Å². The summed E-state index contributed by atoms with van der Waals surface area (Å²) in [7, 11) is 0. The Kier molecular flexibility index (Phi) is 22.9. The minimum Gasteiger partial charge on any atom is -0.385 e. The summed E-state index contributed by atoms with van der Waals surface area (Å²) in [5.41, 5.74) is 4.31. The fourth-order valence-electron chi connectivity index (χ4n) is 9.23. The number of carbonyl (C=O) groups excluding carboxylic acids is 4. The van der Waals surface area contributed by atoms with Crippen molar-refractivity contribution in [1.82, 2.24) is 0 Å². The van der Waals surface area contributed by atoms with Crippen LogP contribution in [0.4, 0.5) is 11.4 Å². The smallest absolute Gasteiger partial charge is 0.197 e. The van der Waals surface area contributed by atoms with Crippen molar-refractivity contribution in [3.05, 3.63) is 105 Å². The Morgan fingerprint density at radius 1 is 0.328 bits per heavy atom. The Morgan fingerprint density at radius 2 is 0.562 bits per heavy atom. The van der Waals surface area contributed by atoms with Crippen LogP contribution in [0.25, 0.3) is 12.2 Å². The summed E-state index contributed by atoms with van der Waals surface area (Å²) in [6.07, 6.45) is 40.8. The SMILES string of the molecule is CCCCCCCCCCCCCCCCNc1ccc(C=C2C(=O)c3cc4c(cc3C2=O)C(=O)C(=Cc2ccc(NCCCCCCCCCCCCCCCC)cc2)C4=O)cc1. The average molecular weight is 869 g/mol. The first kappa shape index (κ1) is 50.4. The van der Waals surface area contributed by atoms with Gasteiger partial charge in [-0.3, -0.25) is 19.2 Å². The molecule has 0 aromatic heterocycles. The molecule has 346 valence electrons. The number of hydrogen-bond donors (Lipinski definition) is 2. The number of unbranched alkanes of at least 4 members (excludes halogenated alkanes) is 26. The molecule has 0 saturated carbocycles. The number of ketones is 4. The molecule has 0 spiro atoms. The molecule has 0 saturated heterocycles. The molecule has 6 heteroatoms. The molecule has 0 atom stereocenters. The molecule has 64 heavy (non-hydrogen) atoms. The normalized spacial score (nSPS) is 13.2. The van der Waals surface area contributed by atoms with Crippen molar-refractivity contribution in [1.29, 1.82) is 0 Å². The van der Waals surface area contributed by atoms with Crippen molar-refractivity contribution in [3.63, 3.8) is 0 Å². The first-order valence-electron chi connectivity index (χ1n) is 25.9. The summed E-state index contributed by atoms with van der Waals surface area (Å²) in [5, 5.41) is 6.99. The molecular weight excluding hydrogens is 789 g/mol. The van der Waals surface area contributed by atoms with Crippen molar-refractivity contribution in [2.24, 2.45) is 0 Å². The number of anilines is 2. The van der Waals surface area contributed by atoms with Crippen molar-refractivity contribution in [3.8, 4) is 0 Å². The summed E-state index contributed by atoms with van der Waals surface area (Å²) in [5.74, 6) is -1.68. The Morgan fingerprint density at radius 3 is 0.812 bits per heavy atom. The Hall–Kier alpha value is -4.58. The van der Waals surface area contributed by atoms with Gasteiger partial charge >= 0.3 is 0 Å². The van der Waals surface area contributed by atoms with E-state index in [1.54, 1.807) is 12.2 Å². The van der Waals surface area contributed by atoms with Gasteiger partial charge in [0.1, 0.15) is 0 Å². The number of hydrogen-bond acceptors (Lipinski definition) is 6. The minimum absolute atomic E-state index is 0.0514. The first-order chi connectivity index (χ1) is 31.4. The van der Waals surface area contributed by atoms with Crippen molar-refractivity contribution in [2.75, 3.05) is 23.7 Å². The maximum Gasteiger partial charge on any atom is 0.197 e. The van der Waals surface area contributed by atoms with E-state index in [1.165, 1.54) is 179 Å². The van der Waals surface area contributed by atoms with E-state index in [0.29, 0.717) is 0 Å². The van der Waals surface area contributed by atoms with Crippen molar-refractivity contribution in [2.45, 2.75) is 194 Å². The molecule has 0 heterocycles. The van der Waals surface area contributed by atoms with Crippen LogP contribution in [0.1, 0.15) is 246 Å². The lowest BCUT2D eigenvalue weighted by atomic mass is 10.0. The van der Waals surface area contributed by atoms with Gasteiger partial charge in [0, 0.05) is 46.7 Å². The second-order valence-electron chi connectivity index (χ2n) is 18.7. The van der Waals surface area contributed by atoms with Crippen LogP contribution in [0, 0.1) is 0 Å². The third-order valence-electron chi connectivity index (χ3n) is 13.3. The fraction of sp³-hybridized carbons (Fsp3) is 0.552. The molecule has 2 aliphatic rings. The zero-order valence-corrected chi connectivity index (χ0v) is 39.8. The average Bonchev–Trinajstić information content (AvgIpc) is 3.68. The van der Waals surface area contributed by atoms with E-state index >= 15 is 0 Å². The summed E-state index contributed by atoms with van der Waals surface area (Å²) in [6.45, 7) is 6.37. The minimum atomic E-state index is -0.419. The molecule has 0 unspecified atom stereocenters. The van der Waals surface area contributed by atoms with Gasteiger partial charge in [0.25, 0.3) is 0 Å². The number of Topliss-reactive ketones (excluding diaryl/α,β-unsaturated/α-hetero) is 4. The van der Waals surface area contributed by atoms with Crippen LogP contribution in [0.3, 0.4) is 0 Å². The predicted octanol–water partition coefficient (Wildman–Crippen LogP) is 16.4. The van der Waals surface area contributed by atoms with Crippen LogP contribution in [-0.2, 0) is 0 Å². The summed E-state index contributed by atoms with van der Waals surface area (Å²) >= 11 is 0. The van der Waals surface area contributed by atoms with E-state index in [0.717, 1.165) is 48.4 Å². The molecule has 5 rings (SSSR count).